The van der Waals surface area contributed by atoms with Crippen molar-refractivity contribution in [2.75, 3.05) is 6.61 Å². The predicted octanol–water partition coefficient (Wildman–Crippen LogP) is 3.91. The molecule has 3 nitrogen and oxygen atoms in total. The van der Waals surface area contributed by atoms with Gasteiger partial charge >= 0.3 is 0 Å². The maximum absolute atomic E-state index is 10.5. The number of hydrogen-bond donors (Lipinski definition) is 2. The van der Waals surface area contributed by atoms with Crippen molar-refractivity contribution in [2.45, 2.75) is 64.1 Å². The molecule has 0 heterocycles. The topological polar surface area (TPSA) is 41.5 Å². The van der Waals surface area contributed by atoms with Crippen LogP contribution in [-0.4, -0.2) is 23.4 Å². The molecule has 1 fully saturated rings. The van der Waals surface area contributed by atoms with Crippen LogP contribution in [0.3, 0.4) is 0 Å². The molecule has 1 saturated carbocycles. The van der Waals surface area contributed by atoms with Crippen LogP contribution in [0.4, 0.5) is 0 Å². The quantitative estimate of drug-likeness (QED) is 0.837. The molecule has 1 aromatic rings. The first-order valence-corrected chi connectivity index (χ1v) is 8.23. The van der Waals surface area contributed by atoms with Gasteiger partial charge in [0.1, 0.15) is 12.4 Å². The average molecular weight is 312 g/mol. The van der Waals surface area contributed by atoms with E-state index in [0.717, 1.165) is 37.0 Å². The van der Waals surface area contributed by atoms with Gasteiger partial charge in [-0.2, -0.15) is 0 Å². The Morgan fingerprint density at radius 1 is 1.29 bits per heavy atom. The number of rotatable bonds is 6. The minimum Gasteiger partial charge on any atom is -0.490 e. The van der Waals surface area contributed by atoms with Gasteiger partial charge in [0.15, 0.2) is 0 Å². The van der Waals surface area contributed by atoms with E-state index >= 15 is 0 Å². The zero-order valence-corrected chi connectivity index (χ0v) is 13.7. The highest BCUT2D eigenvalue weighted by molar-refractivity contribution is 6.30. The number of ether oxygens (including phenoxy) is 1. The van der Waals surface area contributed by atoms with Crippen molar-refractivity contribution in [3.05, 3.63) is 28.8 Å². The zero-order chi connectivity index (χ0) is 15.3. The van der Waals surface area contributed by atoms with E-state index in [1.807, 2.05) is 18.2 Å². The van der Waals surface area contributed by atoms with E-state index in [9.17, 15) is 5.11 Å². The molecule has 0 bridgehead atoms. The van der Waals surface area contributed by atoms with Gasteiger partial charge in [-0.25, -0.2) is 0 Å². The molecule has 0 aromatic heterocycles. The van der Waals surface area contributed by atoms with E-state index < -0.39 is 5.60 Å². The molecular weight excluding hydrogens is 286 g/mol. The van der Waals surface area contributed by atoms with Crippen LogP contribution < -0.4 is 10.1 Å². The third kappa shape index (κ3) is 5.17. The van der Waals surface area contributed by atoms with Crippen molar-refractivity contribution in [2.24, 2.45) is 0 Å². The van der Waals surface area contributed by atoms with Gasteiger partial charge in [0, 0.05) is 23.2 Å². The number of aliphatic hydroxyl groups is 1. The second-order valence-corrected chi connectivity index (χ2v) is 6.80. The smallest absolute Gasteiger partial charge is 0.124 e. The summed E-state index contributed by atoms with van der Waals surface area (Å²) in [7, 11) is 0. The highest BCUT2D eigenvalue weighted by Gasteiger charge is 2.30. The summed E-state index contributed by atoms with van der Waals surface area (Å²) in [5, 5.41) is 14.6. The van der Waals surface area contributed by atoms with E-state index in [4.69, 9.17) is 16.3 Å². The molecule has 0 saturated heterocycles. The summed E-state index contributed by atoms with van der Waals surface area (Å²) in [4.78, 5) is 0. The van der Waals surface area contributed by atoms with Crippen molar-refractivity contribution in [3.8, 4) is 5.75 Å². The fraction of sp³-hybridized carbons (Fsp3) is 0.647. The van der Waals surface area contributed by atoms with E-state index in [2.05, 4.69) is 19.2 Å². The highest BCUT2D eigenvalue weighted by atomic mass is 35.5. The molecular formula is C17H26ClNO2. The van der Waals surface area contributed by atoms with Crippen molar-refractivity contribution in [1.82, 2.24) is 5.32 Å². The lowest BCUT2D eigenvalue weighted by atomic mass is 9.85. The van der Waals surface area contributed by atoms with Crippen LogP contribution in [0.25, 0.3) is 0 Å². The van der Waals surface area contributed by atoms with Gasteiger partial charge < -0.3 is 15.2 Å². The van der Waals surface area contributed by atoms with Crippen molar-refractivity contribution in [1.29, 1.82) is 0 Å². The van der Waals surface area contributed by atoms with E-state index in [1.165, 1.54) is 6.42 Å². The molecule has 1 aliphatic carbocycles. The summed E-state index contributed by atoms with van der Waals surface area (Å²) in [6.07, 6.45) is 5.05. The molecule has 0 aliphatic heterocycles. The SMILES string of the molecule is CC(C)NCc1cc(Cl)ccc1OCC1(O)CCCCC1. The Hall–Kier alpha value is -0.770. The van der Waals surface area contributed by atoms with Crippen LogP contribution in [0.2, 0.25) is 5.02 Å². The lowest BCUT2D eigenvalue weighted by Gasteiger charge is -2.32. The first kappa shape index (κ1) is 16.6. The zero-order valence-electron chi connectivity index (χ0n) is 13.0. The summed E-state index contributed by atoms with van der Waals surface area (Å²) < 4.78 is 5.92. The highest BCUT2D eigenvalue weighted by Crippen LogP contribution is 2.30. The van der Waals surface area contributed by atoms with Crippen molar-refractivity contribution in [3.63, 3.8) is 0 Å². The van der Waals surface area contributed by atoms with Crippen LogP contribution in [0, 0.1) is 0 Å². The number of benzene rings is 1. The van der Waals surface area contributed by atoms with Crippen LogP contribution in [0.15, 0.2) is 18.2 Å². The van der Waals surface area contributed by atoms with Gasteiger partial charge in [-0.1, -0.05) is 44.7 Å². The standard InChI is InChI=1S/C17H26ClNO2/c1-13(2)19-11-14-10-15(18)6-7-16(14)21-12-17(20)8-4-3-5-9-17/h6-7,10,13,19-20H,3-5,8-9,11-12H2,1-2H3. The van der Waals surface area contributed by atoms with E-state index in [0.29, 0.717) is 24.2 Å². The average Bonchev–Trinajstić information content (AvgIpc) is 2.45. The molecule has 118 valence electrons. The summed E-state index contributed by atoms with van der Waals surface area (Å²) in [5.74, 6) is 0.812. The summed E-state index contributed by atoms with van der Waals surface area (Å²) in [6, 6.07) is 6.06. The number of nitrogens with one attached hydrogen (secondary N) is 1. The Morgan fingerprint density at radius 2 is 2.00 bits per heavy atom. The first-order valence-electron chi connectivity index (χ1n) is 7.85. The molecule has 2 N–H and O–H groups in total. The molecule has 1 aromatic carbocycles. The van der Waals surface area contributed by atoms with Gasteiger partial charge in [-0.05, 0) is 31.0 Å². The van der Waals surface area contributed by atoms with Crippen LogP contribution in [0.5, 0.6) is 5.75 Å². The molecule has 0 unspecified atom stereocenters. The van der Waals surface area contributed by atoms with E-state index in [-0.39, 0.29) is 0 Å². The van der Waals surface area contributed by atoms with Crippen LogP contribution in [-0.2, 0) is 6.54 Å². The van der Waals surface area contributed by atoms with Gasteiger partial charge in [-0.3, -0.25) is 0 Å². The molecule has 4 heteroatoms. The fourth-order valence-electron chi connectivity index (χ4n) is 2.71. The lowest BCUT2D eigenvalue weighted by molar-refractivity contribution is -0.0341. The second-order valence-electron chi connectivity index (χ2n) is 6.36. The van der Waals surface area contributed by atoms with Crippen molar-refractivity contribution < 1.29 is 9.84 Å². The Kier molecular flexibility index (Phi) is 5.91. The van der Waals surface area contributed by atoms with Gasteiger partial charge in [0.05, 0.1) is 5.60 Å². The third-order valence-corrected chi connectivity index (χ3v) is 4.24. The molecule has 0 spiro atoms. The Bertz CT molecular complexity index is 456. The largest absolute Gasteiger partial charge is 0.490 e. The normalized spacial score (nSPS) is 18.0. The van der Waals surface area contributed by atoms with Crippen LogP contribution >= 0.6 is 11.6 Å². The fourth-order valence-corrected chi connectivity index (χ4v) is 2.90. The predicted molar refractivity (Wildman–Crippen MR) is 87.0 cm³/mol. The number of halogens is 1. The third-order valence-electron chi connectivity index (χ3n) is 4.00. The Balaban J connectivity index is 2.01. The monoisotopic (exact) mass is 311 g/mol. The maximum Gasteiger partial charge on any atom is 0.124 e. The second kappa shape index (κ2) is 7.48. The van der Waals surface area contributed by atoms with E-state index in [1.54, 1.807) is 0 Å². The molecule has 0 amide bonds. The summed E-state index contributed by atoms with van der Waals surface area (Å²) in [6.45, 7) is 5.29. The van der Waals surface area contributed by atoms with Gasteiger partial charge in [-0.15, -0.1) is 0 Å². The van der Waals surface area contributed by atoms with Crippen LogP contribution in [0.1, 0.15) is 51.5 Å². The minimum absolute atomic E-state index is 0.364. The van der Waals surface area contributed by atoms with Crippen molar-refractivity contribution >= 4 is 11.6 Å². The summed E-state index contributed by atoms with van der Waals surface area (Å²) in [5.41, 5.74) is 0.372. The van der Waals surface area contributed by atoms with Gasteiger partial charge in [0.25, 0.3) is 0 Å². The lowest BCUT2D eigenvalue weighted by Crippen LogP contribution is -2.38. The molecule has 0 radical (unpaired) electrons. The summed E-state index contributed by atoms with van der Waals surface area (Å²) >= 11 is 6.08. The van der Waals surface area contributed by atoms with Gasteiger partial charge in [0.2, 0.25) is 0 Å². The molecule has 21 heavy (non-hydrogen) atoms. The number of hydrogen-bond acceptors (Lipinski definition) is 3. The Morgan fingerprint density at radius 3 is 2.67 bits per heavy atom. The first-order chi connectivity index (χ1) is 9.98. The molecule has 2 rings (SSSR count). The molecule has 0 atom stereocenters. The minimum atomic E-state index is -0.666. The molecule has 1 aliphatic rings. The maximum atomic E-state index is 10.5. The Labute approximate surface area is 132 Å².